The Kier molecular flexibility index (Phi) is 5.51. The summed E-state index contributed by atoms with van der Waals surface area (Å²) in [5, 5.41) is 0. The molecule has 0 amide bonds. The van der Waals surface area contributed by atoms with Crippen molar-refractivity contribution in [3.63, 3.8) is 0 Å². The molecule has 0 aliphatic carbocycles. The number of halogens is 2. The third-order valence-electron chi connectivity index (χ3n) is 0.921. The highest BCUT2D eigenvalue weighted by atomic mass is 19.2. The fourth-order valence-electron chi connectivity index (χ4n) is 0.439. The van der Waals surface area contributed by atoms with E-state index in [0.717, 1.165) is 12.1 Å². The average molecular weight is 174 g/mol. The molecule has 2 nitrogen and oxygen atoms in total. The van der Waals surface area contributed by atoms with Crippen molar-refractivity contribution in [2.45, 2.75) is 0 Å². The molecule has 66 valence electrons. The summed E-state index contributed by atoms with van der Waals surface area (Å²) in [6.07, 6.45) is 0. The Hall–Kier alpha value is -1.45. The fourth-order valence-corrected chi connectivity index (χ4v) is 0.439. The van der Waals surface area contributed by atoms with Crippen LogP contribution in [0, 0.1) is 11.6 Å². The first-order valence-corrected chi connectivity index (χ1v) is 3.08. The van der Waals surface area contributed by atoms with Crippen LogP contribution >= 0.6 is 0 Å². The third-order valence-corrected chi connectivity index (χ3v) is 0.921. The molecule has 1 aromatic carbocycles. The molecular weight excluding hydrogens is 166 g/mol. The van der Waals surface area contributed by atoms with E-state index in [2.05, 4.69) is 4.74 Å². The third kappa shape index (κ3) is 4.38. The van der Waals surface area contributed by atoms with E-state index in [9.17, 15) is 8.78 Å². The van der Waals surface area contributed by atoms with Crippen LogP contribution in [-0.4, -0.2) is 13.6 Å². The normalized spacial score (nSPS) is 7.92. The zero-order valence-electron chi connectivity index (χ0n) is 6.46. The summed E-state index contributed by atoms with van der Waals surface area (Å²) in [5.74, 6) is -1.60. The zero-order chi connectivity index (χ0) is 9.40. The maximum absolute atomic E-state index is 11.9. The van der Waals surface area contributed by atoms with Crippen LogP contribution in [0.4, 0.5) is 8.78 Å². The second kappa shape index (κ2) is 6.27. The number of carbonyl (C=O) groups is 1. The molecule has 0 unspecified atom stereocenters. The molecular formula is C8H8F2O2. The summed E-state index contributed by atoms with van der Waals surface area (Å²) >= 11 is 0. The Morgan fingerprint density at radius 2 is 1.58 bits per heavy atom. The van der Waals surface area contributed by atoms with E-state index in [-0.39, 0.29) is 0 Å². The van der Waals surface area contributed by atoms with Crippen molar-refractivity contribution >= 4 is 6.47 Å². The molecule has 0 saturated carbocycles. The van der Waals surface area contributed by atoms with Crippen LogP contribution in [0.1, 0.15) is 0 Å². The highest BCUT2D eigenvalue weighted by Crippen LogP contribution is 2.01. The minimum atomic E-state index is -0.799. The molecule has 0 N–H and O–H groups in total. The van der Waals surface area contributed by atoms with Gasteiger partial charge < -0.3 is 4.74 Å². The predicted molar refractivity (Wildman–Crippen MR) is 39.4 cm³/mol. The van der Waals surface area contributed by atoms with E-state index in [4.69, 9.17) is 4.79 Å². The molecule has 0 saturated heterocycles. The Morgan fingerprint density at radius 1 is 1.25 bits per heavy atom. The lowest BCUT2D eigenvalue weighted by atomic mass is 10.3. The molecule has 0 bridgehead atoms. The highest BCUT2D eigenvalue weighted by molar-refractivity contribution is 5.36. The molecule has 1 aromatic rings. The quantitative estimate of drug-likeness (QED) is 0.606. The van der Waals surface area contributed by atoms with Gasteiger partial charge in [0.25, 0.3) is 6.47 Å². The topological polar surface area (TPSA) is 26.3 Å². The number of hydrogen-bond acceptors (Lipinski definition) is 2. The summed E-state index contributed by atoms with van der Waals surface area (Å²) in [6, 6.07) is 5.04. The summed E-state index contributed by atoms with van der Waals surface area (Å²) in [6.45, 7) is 0.375. The first-order valence-electron chi connectivity index (χ1n) is 3.08. The Labute approximate surface area is 68.8 Å². The van der Waals surface area contributed by atoms with Gasteiger partial charge in [-0.25, -0.2) is 8.78 Å². The van der Waals surface area contributed by atoms with Crippen LogP contribution in [-0.2, 0) is 9.53 Å². The average Bonchev–Trinajstić information content (AvgIpc) is 2.11. The van der Waals surface area contributed by atoms with Crippen molar-refractivity contribution in [1.82, 2.24) is 0 Å². The zero-order valence-corrected chi connectivity index (χ0v) is 6.46. The van der Waals surface area contributed by atoms with E-state index < -0.39 is 11.6 Å². The van der Waals surface area contributed by atoms with Gasteiger partial charge in [0.05, 0.1) is 7.11 Å². The van der Waals surface area contributed by atoms with E-state index in [1.54, 1.807) is 0 Å². The van der Waals surface area contributed by atoms with Crippen LogP contribution in [0.3, 0.4) is 0 Å². The summed E-state index contributed by atoms with van der Waals surface area (Å²) in [4.78, 5) is 8.95. The number of benzene rings is 1. The van der Waals surface area contributed by atoms with Crippen molar-refractivity contribution in [3.05, 3.63) is 35.9 Å². The molecule has 0 radical (unpaired) electrons. The van der Waals surface area contributed by atoms with Crippen molar-refractivity contribution in [1.29, 1.82) is 0 Å². The van der Waals surface area contributed by atoms with Gasteiger partial charge in [-0.15, -0.1) is 0 Å². The standard InChI is InChI=1S/C6H4F2.C2H4O2/c7-5-3-1-2-4-6(5)8;1-4-2-3/h1-4H;2H,1H3. The number of methoxy groups -OCH3 is 1. The predicted octanol–water partition coefficient (Wildman–Crippen LogP) is 1.75. The van der Waals surface area contributed by atoms with Gasteiger partial charge >= 0.3 is 0 Å². The SMILES string of the molecule is COC=O.Fc1ccccc1F. The van der Waals surface area contributed by atoms with Gasteiger partial charge in [0, 0.05) is 0 Å². The second-order valence-electron chi connectivity index (χ2n) is 1.75. The van der Waals surface area contributed by atoms with Gasteiger partial charge in [0.2, 0.25) is 0 Å². The van der Waals surface area contributed by atoms with E-state index in [0.29, 0.717) is 6.47 Å². The van der Waals surface area contributed by atoms with Crippen molar-refractivity contribution in [3.8, 4) is 0 Å². The molecule has 0 aliphatic heterocycles. The van der Waals surface area contributed by atoms with E-state index >= 15 is 0 Å². The molecule has 4 heteroatoms. The van der Waals surface area contributed by atoms with Gasteiger partial charge in [-0.2, -0.15) is 0 Å². The molecule has 0 aliphatic rings. The maximum atomic E-state index is 11.9. The number of rotatable bonds is 1. The monoisotopic (exact) mass is 174 g/mol. The Balaban J connectivity index is 0.000000261. The minimum absolute atomic E-state index is 0.375. The largest absolute Gasteiger partial charge is 0.471 e. The van der Waals surface area contributed by atoms with Gasteiger partial charge in [-0.05, 0) is 12.1 Å². The van der Waals surface area contributed by atoms with Gasteiger partial charge in [-0.3, -0.25) is 4.79 Å². The number of hydrogen-bond donors (Lipinski definition) is 0. The van der Waals surface area contributed by atoms with Crippen LogP contribution in [0.25, 0.3) is 0 Å². The second-order valence-corrected chi connectivity index (χ2v) is 1.75. The molecule has 0 spiro atoms. The lowest BCUT2D eigenvalue weighted by Crippen LogP contribution is -1.77. The highest BCUT2D eigenvalue weighted by Gasteiger charge is 1.93. The Morgan fingerprint density at radius 3 is 1.75 bits per heavy atom. The van der Waals surface area contributed by atoms with Gasteiger partial charge in [-0.1, -0.05) is 12.1 Å². The summed E-state index contributed by atoms with van der Waals surface area (Å²) in [5.41, 5.74) is 0. The van der Waals surface area contributed by atoms with E-state index in [1.807, 2.05) is 0 Å². The van der Waals surface area contributed by atoms with Gasteiger partial charge in [0.15, 0.2) is 11.6 Å². The number of ether oxygens (including phenoxy) is 1. The fraction of sp³-hybridized carbons (Fsp3) is 0.125. The smallest absolute Gasteiger partial charge is 0.292 e. The molecule has 0 heterocycles. The minimum Gasteiger partial charge on any atom is -0.471 e. The van der Waals surface area contributed by atoms with Gasteiger partial charge in [0.1, 0.15) is 0 Å². The summed E-state index contributed by atoms with van der Waals surface area (Å²) < 4.78 is 27.7. The molecule has 0 aromatic heterocycles. The summed E-state index contributed by atoms with van der Waals surface area (Å²) in [7, 11) is 1.31. The maximum Gasteiger partial charge on any atom is 0.292 e. The van der Waals surface area contributed by atoms with Crippen LogP contribution in [0.5, 0.6) is 0 Å². The van der Waals surface area contributed by atoms with Crippen molar-refractivity contribution in [2.24, 2.45) is 0 Å². The Bertz CT molecular complexity index is 217. The van der Waals surface area contributed by atoms with Crippen LogP contribution in [0.15, 0.2) is 24.3 Å². The lowest BCUT2D eigenvalue weighted by Gasteiger charge is -1.85. The lowest BCUT2D eigenvalue weighted by molar-refractivity contribution is -0.126. The molecule has 0 fully saturated rings. The van der Waals surface area contributed by atoms with Crippen molar-refractivity contribution < 1.29 is 18.3 Å². The van der Waals surface area contributed by atoms with Crippen LogP contribution in [0.2, 0.25) is 0 Å². The molecule has 1 rings (SSSR count). The first-order chi connectivity index (χ1) is 5.72. The first kappa shape index (κ1) is 10.6. The number of carbonyl (C=O) groups excluding carboxylic acids is 1. The van der Waals surface area contributed by atoms with E-state index in [1.165, 1.54) is 19.2 Å². The van der Waals surface area contributed by atoms with Crippen molar-refractivity contribution in [2.75, 3.05) is 7.11 Å². The molecule has 0 atom stereocenters. The molecule has 12 heavy (non-hydrogen) atoms. The van der Waals surface area contributed by atoms with Crippen LogP contribution < -0.4 is 0 Å².